The van der Waals surface area contributed by atoms with Crippen LogP contribution in [0.4, 0.5) is 0 Å². The SMILES string of the molecule is CC1CCCC(C#N)(N(C)C)C1. The van der Waals surface area contributed by atoms with E-state index < -0.39 is 0 Å². The smallest absolute Gasteiger partial charge is 0.109 e. The summed E-state index contributed by atoms with van der Waals surface area (Å²) in [5.74, 6) is 0.709. The van der Waals surface area contributed by atoms with Crippen LogP contribution in [0, 0.1) is 17.2 Å². The summed E-state index contributed by atoms with van der Waals surface area (Å²) in [6.07, 6.45) is 4.57. The van der Waals surface area contributed by atoms with Crippen molar-refractivity contribution in [1.82, 2.24) is 4.90 Å². The molecule has 0 aromatic heterocycles. The topological polar surface area (TPSA) is 27.0 Å². The number of hydrogen-bond donors (Lipinski definition) is 0. The van der Waals surface area contributed by atoms with E-state index in [4.69, 9.17) is 5.26 Å². The fourth-order valence-electron chi connectivity index (χ4n) is 2.13. The fourth-order valence-corrected chi connectivity index (χ4v) is 2.13. The number of hydrogen-bond acceptors (Lipinski definition) is 2. The van der Waals surface area contributed by atoms with Crippen LogP contribution >= 0.6 is 0 Å². The molecule has 0 radical (unpaired) electrons. The van der Waals surface area contributed by atoms with Crippen molar-refractivity contribution < 1.29 is 0 Å². The molecule has 68 valence electrons. The van der Waals surface area contributed by atoms with Gasteiger partial charge in [-0.3, -0.25) is 4.90 Å². The molecular formula is C10H18N2. The Morgan fingerprint density at radius 1 is 1.50 bits per heavy atom. The second kappa shape index (κ2) is 3.45. The zero-order valence-corrected chi connectivity index (χ0v) is 8.30. The highest BCUT2D eigenvalue weighted by Gasteiger charge is 2.36. The highest BCUT2D eigenvalue weighted by molar-refractivity contribution is 5.09. The van der Waals surface area contributed by atoms with Gasteiger partial charge in [-0.2, -0.15) is 5.26 Å². The number of rotatable bonds is 1. The molecule has 0 N–H and O–H groups in total. The van der Waals surface area contributed by atoms with E-state index in [1.54, 1.807) is 0 Å². The van der Waals surface area contributed by atoms with Gasteiger partial charge in [-0.15, -0.1) is 0 Å². The third-order valence-corrected chi connectivity index (χ3v) is 3.04. The second-order valence-electron chi connectivity index (χ2n) is 4.24. The predicted molar refractivity (Wildman–Crippen MR) is 49.7 cm³/mol. The van der Waals surface area contributed by atoms with Crippen molar-refractivity contribution >= 4 is 0 Å². The lowest BCUT2D eigenvalue weighted by Gasteiger charge is -2.39. The average Bonchev–Trinajstić information content (AvgIpc) is 2.04. The molecule has 1 fully saturated rings. The fraction of sp³-hybridized carbons (Fsp3) is 0.900. The van der Waals surface area contributed by atoms with Crippen molar-refractivity contribution in [3.63, 3.8) is 0 Å². The summed E-state index contributed by atoms with van der Waals surface area (Å²) in [5.41, 5.74) is -0.169. The normalized spacial score (nSPS) is 36.4. The van der Waals surface area contributed by atoms with E-state index in [1.165, 1.54) is 12.8 Å². The molecule has 1 saturated carbocycles. The van der Waals surface area contributed by atoms with E-state index in [-0.39, 0.29) is 5.54 Å². The third kappa shape index (κ3) is 1.61. The maximum Gasteiger partial charge on any atom is 0.109 e. The lowest BCUT2D eigenvalue weighted by atomic mass is 9.76. The van der Waals surface area contributed by atoms with Crippen LogP contribution in [-0.4, -0.2) is 24.5 Å². The Bertz CT molecular complexity index is 193. The minimum Gasteiger partial charge on any atom is -0.292 e. The standard InChI is InChI=1S/C10H18N2/c1-9-5-4-6-10(7-9,8-11)12(2)3/h9H,4-7H2,1-3H3. The average molecular weight is 166 g/mol. The van der Waals surface area contributed by atoms with E-state index in [2.05, 4.69) is 17.9 Å². The molecule has 2 heteroatoms. The predicted octanol–water partition coefficient (Wildman–Crippen LogP) is 2.02. The van der Waals surface area contributed by atoms with Gasteiger partial charge >= 0.3 is 0 Å². The zero-order valence-electron chi connectivity index (χ0n) is 8.30. The summed E-state index contributed by atoms with van der Waals surface area (Å²) in [5, 5.41) is 9.14. The summed E-state index contributed by atoms with van der Waals surface area (Å²) in [6, 6.07) is 2.47. The van der Waals surface area contributed by atoms with Gasteiger partial charge in [-0.1, -0.05) is 19.8 Å². The second-order valence-corrected chi connectivity index (χ2v) is 4.24. The van der Waals surface area contributed by atoms with Crippen molar-refractivity contribution in [3.8, 4) is 6.07 Å². The monoisotopic (exact) mass is 166 g/mol. The summed E-state index contributed by atoms with van der Waals surface area (Å²) in [6.45, 7) is 2.24. The molecule has 0 aliphatic heterocycles. The maximum absolute atomic E-state index is 9.14. The molecule has 1 aliphatic carbocycles. The van der Waals surface area contributed by atoms with Crippen LogP contribution in [0.3, 0.4) is 0 Å². The summed E-state index contributed by atoms with van der Waals surface area (Å²) in [4.78, 5) is 2.09. The van der Waals surface area contributed by atoms with Crippen molar-refractivity contribution in [1.29, 1.82) is 5.26 Å². The third-order valence-electron chi connectivity index (χ3n) is 3.04. The molecule has 12 heavy (non-hydrogen) atoms. The molecule has 0 aromatic rings. The van der Waals surface area contributed by atoms with Crippen molar-refractivity contribution in [2.75, 3.05) is 14.1 Å². The molecular weight excluding hydrogens is 148 g/mol. The molecule has 1 aliphatic rings. The van der Waals surface area contributed by atoms with Crippen LogP contribution < -0.4 is 0 Å². The van der Waals surface area contributed by atoms with Crippen LogP contribution in [0.2, 0.25) is 0 Å². The Morgan fingerprint density at radius 2 is 2.17 bits per heavy atom. The first kappa shape index (κ1) is 9.54. The molecule has 0 saturated heterocycles. The molecule has 0 aromatic carbocycles. The van der Waals surface area contributed by atoms with E-state index in [0.717, 1.165) is 12.8 Å². The quantitative estimate of drug-likeness (QED) is 0.596. The van der Waals surface area contributed by atoms with Crippen molar-refractivity contribution in [3.05, 3.63) is 0 Å². The van der Waals surface area contributed by atoms with Gasteiger partial charge in [0.05, 0.1) is 6.07 Å². The first-order chi connectivity index (χ1) is 5.60. The molecule has 0 heterocycles. The Morgan fingerprint density at radius 3 is 2.50 bits per heavy atom. The lowest BCUT2D eigenvalue weighted by Crippen LogP contribution is -2.46. The van der Waals surface area contributed by atoms with Crippen LogP contribution in [0.15, 0.2) is 0 Å². The van der Waals surface area contributed by atoms with Gasteiger partial charge in [-0.05, 0) is 32.9 Å². The first-order valence-electron chi connectivity index (χ1n) is 4.69. The molecule has 1 rings (SSSR count). The number of nitrogens with zero attached hydrogens (tertiary/aromatic N) is 2. The minimum atomic E-state index is -0.169. The van der Waals surface area contributed by atoms with E-state index >= 15 is 0 Å². The van der Waals surface area contributed by atoms with Crippen LogP contribution in [0.1, 0.15) is 32.6 Å². The Hall–Kier alpha value is -0.550. The maximum atomic E-state index is 9.14. The van der Waals surface area contributed by atoms with Crippen LogP contribution in [0.25, 0.3) is 0 Å². The van der Waals surface area contributed by atoms with Gasteiger partial charge < -0.3 is 0 Å². The summed E-state index contributed by atoms with van der Waals surface area (Å²) < 4.78 is 0. The Balaban J connectivity index is 2.73. The highest BCUT2D eigenvalue weighted by Crippen LogP contribution is 2.34. The largest absolute Gasteiger partial charge is 0.292 e. The van der Waals surface area contributed by atoms with Gasteiger partial charge in [0, 0.05) is 0 Å². The molecule has 0 bridgehead atoms. The van der Waals surface area contributed by atoms with Crippen molar-refractivity contribution in [2.45, 2.75) is 38.1 Å². The minimum absolute atomic E-state index is 0.169. The van der Waals surface area contributed by atoms with Crippen LogP contribution in [-0.2, 0) is 0 Å². The lowest BCUT2D eigenvalue weighted by molar-refractivity contribution is 0.129. The highest BCUT2D eigenvalue weighted by atomic mass is 15.1. The molecule has 0 spiro atoms. The Kier molecular flexibility index (Phi) is 2.74. The van der Waals surface area contributed by atoms with E-state index in [0.29, 0.717) is 5.92 Å². The zero-order chi connectivity index (χ0) is 9.19. The van der Waals surface area contributed by atoms with Gasteiger partial charge in [0.1, 0.15) is 5.54 Å². The molecule has 2 nitrogen and oxygen atoms in total. The van der Waals surface area contributed by atoms with Gasteiger partial charge in [0.2, 0.25) is 0 Å². The van der Waals surface area contributed by atoms with Gasteiger partial charge in [-0.25, -0.2) is 0 Å². The van der Waals surface area contributed by atoms with Crippen LogP contribution in [0.5, 0.6) is 0 Å². The van der Waals surface area contributed by atoms with E-state index in [9.17, 15) is 0 Å². The van der Waals surface area contributed by atoms with Gasteiger partial charge in [0.25, 0.3) is 0 Å². The van der Waals surface area contributed by atoms with Gasteiger partial charge in [0.15, 0.2) is 0 Å². The molecule has 2 atom stereocenters. The van der Waals surface area contributed by atoms with Crippen molar-refractivity contribution in [2.24, 2.45) is 5.92 Å². The number of nitriles is 1. The summed E-state index contributed by atoms with van der Waals surface area (Å²) >= 11 is 0. The van der Waals surface area contributed by atoms with E-state index in [1.807, 2.05) is 14.1 Å². The summed E-state index contributed by atoms with van der Waals surface area (Å²) in [7, 11) is 4.03. The molecule has 2 unspecified atom stereocenters. The molecule has 0 amide bonds. The first-order valence-corrected chi connectivity index (χ1v) is 4.69. The Labute approximate surface area is 75.2 Å².